The highest BCUT2D eigenvalue weighted by atomic mass is 79.9. The van der Waals surface area contributed by atoms with Crippen LogP contribution < -0.4 is 4.74 Å². The third kappa shape index (κ3) is 3.00. The SMILES string of the molecule is N#Cc1ccc(Oc2cccc(Cl)c2)cc1Br. The normalized spacial score (nSPS) is 9.71. The van der Waals surface area contributed by atoms with Gasteiger partial charge in [-0.2, -0.15) is 5.26 Å². The molecule has 2 nitrogen and oxygen atoms in total. The van der Waals surface area contributed by atoms with E-state index in [-0.39, 0.29) is 0 Å². The van der Waals surface area contributed by atoms with Gasteiger partial charge in [0.2, 0.25) is 0 Å². The lowest BCUT2D eigenvalue weighted by Gasteiger charge is -2.06. The maximum absolute atomic E-state index is 8.80. The lowest BCUT2D eigenvalue weighted by Crippen LogP contribution is -1.85. The summed E-state index contributed by atoms with van der Waals surface area (Å²) in [6.45, 7) is 0. The molecule has 84 valence electrons. The number of benzene rings is 2. The van der Waals surface area contributed by atoms with Gasteiger partial charge < -0.3 is 4.74 Å². The van der Waals surface area contributed by atoms with Crippen molar-refractivity contribution in [2.45, 2.75) is 0 Å². The number of rotatable bonds is 2. The molecule has 0 saturated carbocycles. The second kappa shape index (κ2) is 5.22. The maximum atomic E-state index is 8.80. The molecule has 0 spiro atoms. The number of ether oxygens (including phenoxy) is 1. The van der Waals surface area contributed by atoms with Crippen LogP contribution in [0.25, 0.3) is 0 Å². The highest BCUT2D eigenvalue weighted by molar-refractivity contribution is 9.10. The van der Waals surface area contributed by atoms with Crippen LogP contribution in [0, 0.1) is 11.3 Å². The fraction of sp³-hybridized carbons (Fsp3) is 0. The molecule has 0 aliphatic heterocycles. The minimum atomic E-state index is 0.573. The van der Waals surface area contributed by atoms with Gasteiger partial charge in [0.05, 0.1) is 5.56 Å². The standard InChI is InChI=1S/C13H7BrClNO/c14-13-7-12(5-4-9(13)8-16)17-11-3-1-2-10(15)6-11/h1-7H. The molecule has 17 heavy (non-hydrogen) atoms. The van der Waals surface area contributed by atoms with Crippen molar-refractivity contribution in [3.05, 3.63) is 57.5 Å². The molecule has 0 aliphatic carbocycles. The van der Waals surface area contributed by atoms with Gasteiger partial charge in [0.15, 0.2) is 0 Å². The first-order chi connectivity index (χ1) is 8.19. The van der Waals surface area contributed by atoms with E-state index in [2.05, 4.69) is 22.0 Å². The van der Waals surface area contributed by atoms with Gasteiger partial charge in [-0.3, -0.25) is 0 Å². The Morgan fingerprint density at radius 3 is 2.53 bits per heavy atom. The predicted molar refractivity (Wildman–Crippen MR) is 70.4 cm³/mol. The van der Waals surface area contributed by atoms with Crippen molar-refractivity contribution >= 4 is 27.5 Å². The van der Waals surface area contributed by atoms with Crippen molar-refractivity contribution in [3.63, 3.8) is 0 Å². The molecule has 0 saturated heterocycles. The Labute approximate surface area is 113 Å². The lowest BCUT2D eigenvalue weighted by atomic mass is 10.2. The predicted octanol–water partition coefficient (Wildman–Crippen LogP) is 4.77. The summed E-state index contributed by atoms with van der Waals surface area (Å²) in [7, 11) is 0. The van der Waals surface area contributed by atoms with Crippen LogP contribution in [0.1, 0.15) is 5.56 Å². The quantitative estimate of drug-likeness (QED) is 0.801. The second-order valence-corrected chi connectivity index (χ2v) is 4.60. The molecule has 2 rings (SSSR count). The fourth-order valence-electron chi connectivity index (χ4n) is 1.32. The average Bonchev–Trinajstić information content (AvgIpc) is 2.29. The van der Waals surface area contributed by atoms with E-state index in [0.717, 1.165) is 0 Å². The number of hydrogen-bond acceptors (Lipinski definition) is 2. The van der Waals surface area contributed by atoms with Crippen LogP contribution in [0.5, 0.6) is 11.5 Å². The van der Waals surface area contributed by atoms with E-state index in [0.29, 0.717) is 26.6 Å². The molecular weight excluding hydrogens is 302 g/mol. The van der Waals surface area contributed by atoms with E-state index in [4.69, 9.17) is 21.6 Å². The van der Waals surface area contributed by atoms with Crippen LogP contribution in [0.3, 0.4) is 0 Å². The molecule has 0 radical (unpaired) electrons. The zero-order chi connectivity index (χ0) is 12.3. The average molecular weight is 309 g/mol. The Morgan fingerprint density at radius 1 is 1.12 bits per heavy atom. The topological polar surface area (TPSA) is 33.0 Å². The van der Waals surface area contributed by atoms with Gasteiger partial charge in [0.1, 0.15) is 17.6 Å². The van der Waals surface area contributed by atoms with Crippen molar-refractivity contribution < 1.29 is 4.74 Å². The molecule has 0 heterocycles. The molecular formula is C13H7BrClNO. The second-order valence-electron chi connectivity index (χ2n) is 3.31. The Kier molecular flexibility index (Phi) is 3.68. The largest absolute Gasteiger partial charge is 0.457 e. The first-order valence-corrected chi connectivity index (χ1v) is 5.99. The summed E-state index contributed by atoms with van der Waals surface area (Å²) < 4.78 is 6.32. The summed E-state index contributed by atoms with van der Waals surface area (Å²) in [5.41, 5.74) is 0.573. The summed E-state index contributed by atoms with van der Waals surface area (Å²) in [6.07, 6.45) is 0. The van der Waals surface area contributed by atoms with Gasteiger partial charge in [-0.05, 0) is 52.3 Å². The zero-order valence-electron chi connectivity index (χ0n) is 8.65. The van der Waals surface area contributed by atoms with E-state index in [9.17, 15) is 0 Å². The van der Waals surface area contributed by atoms with Crippen LogP contribution in [-0.4, -0.2) is 0 Å². The van der Waals surface area contributed by atoms with Gasteiger partial charge in [-0.1, -0.05) is 17.7 Å². The number of nitriles is 1. The maximum Gasteiger partial charge on any atom is 0.128 e. The minimum absolute atomic E-state index is 0.573. The van der Waals surface area contributed by atoms with Crippen molar-refractivity contribution in [1.29, 1.82) is 5.26 Å². The van der Waals surface area contributed by atoms with Gasteiger partial charge in [0, 0.05) is 9.50 Å². The van der Waals surface area contributed by atoms with Gasteiger partial charge >= 0.3 is 0 Å². The van der Waals surface area contributed by atoms with Crippen molar-refractivity contribution in [2.75, 3.05) is 0 Å². The third-order valence-electron chi connectivity index (χ3n) is 2.09. The van der Waals surface area contributed by atoms with E-state index >= 15 is 0 Å². The molecule has 0 aliphatic rings. The molecule has 0 bridgehead atoms. The van der Waals surface area contributed by atoms with Crippen molar-refractivity contribution in [1.82, 2.24) is 0 Å². The zero-order valence-corrected chi connectivity index (χ0v) is 11.0. The molecule has 0 aromatic heterocycles. The van der Waals surface area contributed by atoms with E-state index < -0.39 is 0 Å². The highest BCUT2D eigenvalue weighted by Crippen LogP contribution is 2.27. The van der Waals surface area contributed by atoms with Crippen LogP contribution in [0.15, 0.2) is 46.9 Å². The summed E-state index contributed by atoms with van der Waals surface area (Å²) in [4.78, 5) is 0. The Morgan fingerprint density at radius 2 is 1.88 bits per heavy atom. The molecule has 2 aromatic carbocycles. The third-order valence-corrected chi connectivity index (χ3v) is 2.98. The summed E-state index contributed by atoms with van der Waals surface area (Å²) in [6, 6.07) is 14.4. The van der Waals surface area contributed by atoms with Gasteiger partial charge in [0.25, 0.3) is 0 Å². The van der Waals surface area contributed by atoms with E-state index in [1.54, 1.807) is 30.3 Å². The molecule has 0 N–H and O–H groups in total. The van der Waals surface area contributed by atoms with Crippen LogP contribution in [0.2, 0.25) is 5.02 Å². The van der Waals surface area contributed by atoms with Crippen LogP contribution in [-0.2, 0) is 0 Å². The van der Waals surface area contributed by atoms with Crippen molar-refractivity contribution in [2.24, 2.45) is 0 Å². The molecule has 0 unspecified atom stereocenters. The van der Waals surface area contributed by atoms with Crippen LogP contribution in [0.4, 0.5) is 0 Å². The molecule has 2 aromatic rings. The fourth-order valence-corrected chi connectivity index (χ4v) is 1.94. The first-order valence-electron chi connectivity index (χ1n) is 4.82. The Balaban J connectivity index is 2.25. The smallest absolute Gasteiger partial charge is 0.128 e. The number of halogens is 2. The summed E-state index contributed by atoms with van der Waals surface area (Å²) in [5.74, 6) is 1.31. The minimum Gasteiger partial charge on any atom is -0.457 e. The van der Waals surface area contributed by atoms with Crippen LogP contribution >= 0.6 is 27.5 Å². The number of nitrogens with zero attached hydrogens (tertiary/aromatic N) is 1. The Bertz CT molecular complexity index is 592. The highest BCUT2D eigenvalue weighted by Gasteiger charge is 2.02. The van der Waals surface area contributed by atoms with Gasteiger partial charge in [-0.15, -0.1) is 0 Å². The Hall–Kier alpha value is -1.50. The monoisotopic (exact) mass is 307 g/mol. The molecule has 0 atom stereocenters. The lowest BCUT2D eigenvalue weighted by molar-refractivity contribution is 0.482. The summed E-state index contributed by atoms with van der Waals surface area (Å²) >= 11 is 9.16. The molecule has 4 heteroatoms. The van der Waals surface area contributed by atoms with Crippen molar-refractivity contribution in [3.8, 4) is 17.6 Å². The number of hydrogen-bond donors (Lipinski definition) is 0. The first kappa shape index (κ1) is 12.0. The molecule has 0 amide bonds. The van der Waals surface area contributed by atoms with Gasteiger partial charge in [-0.25, -0.2) is 0 Å². The van der Waals surface area contributed by atoms with E-state index in [1.165, 1.54) is 0 Å². The van der Waals surface area contributed by atoms with E-state index in [1.807, 2.05) is 12.1 Å². The molecule has 0 fully saturated rings. The summed E-state index contributed by atoms with van der Waals surface area (Å²) in [5, 5.41) is 9.42.